The van der Waals surface area contributed by atoms with Gasteiger partial charge in [0.2, 0.25) is 5.91 Å². The third-order valence-corrected chi connectivity index (χ3v) is 3.51. The summed E-state index contributed by atoms with van der Waals surface area (Å²) in [4.78, 5) is 15.5. The van der Waals surface area contributed by atoms with Crippen LogP contribution in [0.3, 0.4) is 0 Å². The Morgan fingerprint density at radius 2 is 2.10 bits per heavy atom. The van der Waals surface area contributed by atoms with Crippen LogP contribution >= 0.6 is 12.4 Å². The van der Waals surface area contributed by atoms with Crippen molar-refractivity contribution < 1.29 is 9.32 Å². The summed E-state index contributed by atoms with van der Waals surface area (Å²) in [5.74, 6) is 0.393. The van der Waals surface area contributed by atoms with Gasteiger partial charge in [-0.05, 0) is 37.5 Å². The molecule has 1 fully saturated rings. The number of aromatic nitrogens is 2. The molecule has 0 atom stereocenters. The van der Waals surface area contributed by atoms with E-state index in [9.17, 15) is 4.79 Å². The topological polar surface area (TPSA) is 108 Å². The Kier molecular flexibility index (Phi) is 3.78. The van der Waals surface area contributed by atoms with Crippen LogP contribution in [0.1, 0.15) is 35.4 Å². The van der Waals surface area contributed by atoms with Gasteiger partial charge in [-0.1, -0.05) is 11.2 Å². The first-order chi connectivity index (χ1) is 9.08. The van der Waals surface area contributed by atoms with Gasteiger partial charge in [0, 0.05) is 11.1 Å². The summed E-state index contributed by atoms with van der Waals surface area (Å²) in [6, 6.07) is 6.78. The van der Waals surface area contributed by atoms with Crippen LogP contribution in [0.2, 0.25) is 0 Å². The van der Waals surface area contributed by atoms with Crippen molar-refractivity contribution in [1.29, 1.82) is 0 Å². The molecule has 1 aromatic carbocycles. The molecule has 1 aliphatic carbocycles. The minimum absolute atomic E-state index is 0. The highest BCUT2D eigenvalue weighted by Crippen LogP contribution is 2.37. The molecule has 2 aromatic rings. The number of carbonyl (C=O) groups excluding carboxylic acids is 1. The predicted octanol–water partition coefficient (Wildman–Crippen LogP) is 1.60. The Balaban J connectivity index is 0.00000147. The molecule has 0 radical (unpaired) electrons. The van der Waals surface area contributed by atoms with Crippen molar-refractivity contribution in [3.8, 4) is 11.5 Å². The lowest BCUT2D eigenvalue weighted by atomic mass is 9.77. The molecule has 0 spiro atoms. The monoisotopic (exact) mass is 294 g/mol. The number of hydrogen-bond acceptors (Lipinski definition) is 5. The lowest BCUT2D eigenvalue weighted by Crippen LogP contribution is -2.44. The maximum absolute atomic E-state index is 11.1. The molecule has 106 valence electrons. The van der Waals surface area contributed by atoms with E-state index in [1.54, 1.807) is 24.3 Å². The zero-order chi connectivity index (χ0) is 13.5. The molecule has 1 aliphatic rings. The van der Waals surface area contributed by atoms with Crippen molar-refractivity contribution in [1.82, 2.24) is 10.1 Å². The molecule has 0 bridgehead atoms. The van der Waals surface area contributed by atoms with E-state index < -0.39 is 11.4 Å². The summed E-state index contributed by atoms with van der Waals surface area (Å²) in [6.45, 7) is 0. The Morgan fingerprint density at radius 3 is 2.70 bits per heavy atom. The zero-order valence-corrected chi connectivity index (χ0v) is 11.5. The van der Waals surface area contributed by atoms with Crippen molar-refractivity contribution >= 4 is 18.3 Å². The van der Waals surface area contributed by atoms with Crippen molar-refractivity contribution in [2.24, 2.45) is 11.5 Å². The van der Waals surface area contributed by atoms with Crippen LogP contribution in [0.5, 0.6) is 0 Å². The average molecular weight is 295 g/mol. The number of hydrogen-bond donors (Lipinski definition) is 2. The summed E-state index contributed by atoms with van der Waals surface area (Å²) in [5.41, 5.74) is 12.0. The summed E-state index contributed by atoms with van der Waals surface area (Å²) >= 11 is 0. The second-order valence-corrected chi connectivity index (χ2v) is 4.88. The number of amides is 1. The molecule has 1 aromatic heterocycles. The van der Waals surface area contributed by atoms with E-state index in [2.05, 4.69) is 10.1 Å². The standard InChI is InChI=1S/C13H14N4O2.ClH/c14-10(18)8-3-1-4-9(7-8)11-16-12(17-19-11)13(15)5-2-6-13;/h1,3-4,7H,2,5-6,15H2,(H2,14,18);1H. The van der Waals surface area contributed by atoms with E-state index >= 15 is 0 Å². The van der Waals surface area contributed by atoms with Gasteiger partial charge < -0.3 is 16.0 Å². The van der Waals surface area contributed by atoms with E-state index in [0.29, 0.717) is 22.8 Å². The van der Waals surface area contributed by atoms with Gasteiger partial charge in [-0.15, -0.1) is 12.4 Å². The van der Waals surface area contributed by atoms with Gasteiger partial charge in [0.1, 0.15) is 0 Å². The largest absolute Gasteiger partial charge is 0.366 e. The molecular weight excluding hydrogens is 280 g/mol. The van der Waals surface area contributed by atoms with Gasteiger partial charge in [-0.2, -0.15) is 4.98 Å². The molecule has 1 amide bonds. The van der Waals surface area contributed by atoms with Gasteiger partial charge in [-0.3, -0.25) is 4.79 Å². The van der Waals surface area contributed by atoms with Crippen molar-refractivity contribution in [2.75, 3.05) is 0 Å². The van der Waals surface area contributed by atoms with Gasteiger partial charge >= 0.3 is 0 Å². The normalized spacial score (nSPS) is 16.1. The first-order valence-corrected chi connectivity index (χ1v) is 6.12. The Hall–Kier alpha value is -1.92. The van der Waals surface area contributed by atoms with E-state index in [4.69, 9.17) is 16.0 Å². The highest BCUT2D eigenvalue weighted by atomic mass is 35.5. The smallest absolute Gasteiger partial charge is 0.258 e. The van der Waals surface area contributed by atoms with E-state index in [-0.39, 0.29) is 12.4 Å². The first kappa shape index (κ1) is 14.5. The third-order valence-electron chi connectivity index (χ3n) is 3.51. The SMILES string of the molecule is Cl.NC(=O)c1cccc(-c2nc(C3(N)CCC3)no2)c1. The number of nitrogens with two attached hydrogens (primary N) is 2. The number of rotatable bonds is 3. The lowest BCUT2D eigenvalue weighted by molar-refractivity contribution is 0.100. The molecular formula is C13H15ClN4O2. The Labute approximate surface area is 121 Å². The zero-order valence-electron chi connectivity index (χ0n) is 10.7. The molecule has 0 aliphatic heterocycles. The van der Waals surface area contributed by atoms with Crippen LogP contribution in [-0.2, 0) is 5.54 Å². The predicted molar refractivity (Wildman–Crippen MR) is 75.2 cm³/mol. The molecule has 7 heteroatoms. The second kappa shape index (κ2) is 5.22. The molecule has 4 N–H and O–H groups in total. The minimum Gasteiger partial charge on any atom is -0.366 e. The van der Waals surface area contributed by atoms with Gasteiger partial charge in [0.05, 0.1) is 5.54 Å². The number of primary amides is 1. The van der Waals surface area contributed by atoms with Crippen molar-refractivity contribution in [3.05, 3.63) is 35.7 Å². The summed E-state index contributed by atoms with van der Waals surface area (Å²) < 4.78 is 5.21. The van der Waals surface area contributed by atoms with E-state index in [1.807, 2.05) is 0 Å². The fourth-order valence-electron chi connectivity index (χ4n) is 2.13. The second-order valence-electron chi connectivity index (χ2n) is 4.88. The third kappa shape index (κ3) is 2.39. The quantitative estimate of drug-likeness (QED) is 0.893. The van der Waals surface area contributed by atoms with Crippen LogP contribution in [0, 0.1) is 0 Å². The molecule has 6 nitrogen and oxygen atoms in total. The van der Waals surface area contributed by atoms with Gasteiger partial charge in [0.25, 0.3) is 5.89 Å². The molecule has 0 saturated heterocycles. The maximum atomic E-state index is 11.1. The summed E-state index contributed by atoms with van der Waals surface area (Å²) in [6.07, 6.45) is 2.82. The number of nitrogens with zero attached hydrogens (tertiary/aromatic N) is 2. The van der Waals surface area contributed by atoms with Crippen LogP contribution in [-0.4, -0.2) is 16.0 Å². The molecule has 20 heavy (non-hydrogen) atoms. The van der Waals surface area contributed by atoms with Crippen LogP contribution in [0.4, 0.5) is 0 Å². The molecule has 0 unspecified atom stereocenters. The summed E-state index contributed by atoms with van der Waals surface area (Å²) in [7, 11) is 0. The van der Waals surface area contributed by atoms with E-state index in [0.717, 1.165) is 19.3 Å². The minimum atomic E-state index is -0.490. The highest BCUT2D eigenvalue weighted by molar-refractivity contribution is 5.93. The number of halogens is 1. The molecule has 1 heterocycles. The van der Waals surface area contributed by atoms with Crippen LogP contribution in [0.25, 0.3) is 11.5 Å². The number of carbonyl (C=O) groups is 1. The molecule has 3 rings (SSSR count). The van der Waals surface area contributed by atoms with Gasteiger partial charge in [0.15, 0.2) is 5.82 Å². The van der Waals surface area contributed by atoms with Crippen molar-refractivity contribution in [2.45, 2.75) is 24.8 Å². The summed E-state index contributed by atoms with van der Waals surface area (Å²) in [5, 5.41) is 3.93. The molecule has 1 saturated carbocycles. The fourth-order valence-corrected chi connectivity index (χ4v) is 2.13. The first-order valence-electron chi connectivity index (χ1n) is 6.12. The van der Waals surface area contributed by atoms with Crippen molar-refractivity contribution in [3.63, 3.8) is 0 Å². The number of benzene rings is 1. The maximum Gasteiger partial charge on any atom is 0.258 e. The fraction of sp³-hybridized carbons (Fsp3) is 0.308. The Morgan fingerprint density at radius 1 is 1.35 bits per heavy atom. The van der Waals surface area contributed by atoms with Crippen LogP contribution in [0.15, 0.2) is 28.8 Å². The Bertz CT molecular complexity index is 637. The lowest BCUT2D eigenvalue weighted by Gasteiger charge is -2.34. The van der Waals surface area contributed by atoms with E-state index in [1.165, 1.54) is 0 Å². The van der Waals surface area contributed by atoms with Crippen LogP contribution < -0.4 is 11.5 Å². The average Bonchev–Trinajstić information content (AvgIpc) is 2.86. The van der Waals surface area contributed by atoms with Gasteiger partial charge in [-0.25, -0.2) is 0 Å². The highest BCUT2D eigenvalue weighted by Gasteiger charge is 2.39.